The number of amides is 2. The summed E-state index contributed by atoms with van der Waals surface area (Å²) in [6, 6.07) is 3.48. The van der Waals surface area contributed by atoms with Gasteiger partial charge in [0, 0.05) is 5.69 Å². The number of nitrogens with two attached hydrogens (primary N) is 1. The van der Waals surface area contributed by atoms with E-state index < -0.39 is 23.7 Å². The van der Waals surface area contributed by atoms with Crippen molar-refractivity contribution in [1.29, 1.82) is 0 Å². The molecule has 1 rings (SSSR count). The van der Waals surface area contributed by atoms with E-state index in [0.717, 1.165) is 6.07 Å². The first-order valence-electron chi connectivity index (χ1n) is 5.04. The quantitative estimate of drug-likeness (QED) is 0.720. The van der Waals surface area contributed by atoms with E-state index in [0.29, 0.717) is 0 Å². The number of aliphatic hydroxyl groups excluding tert-OH is 1. The normalized spacial score (nSPS) is 11.9. The Morgan fingerprint density at radius 3 is 2.65 bits per heavy atom. The molecule has 92 valence electrons. The SMILES string of the molecule is CC[C@@H](O)C(=O)Nc1ccc(C(N)=O)c(F)c1. The summed E-state index contributed by atoms with van der Waals surface area (Å²) in [4.78, 5) is 22.1. The lowest BCUT2D eigenvalue weighted by Gasteiger charge is -2.09. The number of benzene rings is 1. The van der Waals surface area contributed by atoms with Crippen molar-refractivity contribution < 1.29 is 19.1 Å². The van der Waals surface area contributed by atoms with Crippen molar-refractivity contribution in [3.05, 3.63) is 29.6 Å². The van der Waals surface area contributed by atoms with E-state index >= 15 is 0 Å². The summed E-state index contributed by atoms with van der Waals surface area (Å²) in [6.07, 6.45) is -0.887. The molecule has 0 aliphatic rings. The first-order valence-corrected chi connectivity index (χ1v) is 5.04. The van der Waals surface area contributed by atoms with Gasteiger partial charge in [0.15, 0.2) is 0 Å². The van der Waals surface area contributed by atoms with Crippen molar-refractivity contribution in [3.63, 3.8) is 0 Å². The molecule has 0 saturated heterocycles. The third kappa shape index (κ3) is 3.25. The second-order valence-corrected chi connectivity index (χ2v) is 3.47. The molecule has 0 aliphatic heterocycles. The van der Waals surface area contributed by atoms with Gasteiger partial charge in [0.25, 0.3) is 11.8 Å². The van der Waals surface area contributed by atoms with Crippen molar-refractivity contribution in [2.45, 2.75) is 19.4 Å². The molecule has 1 aromatic carbocycles. The lowest BCUT2D eigenvalue weighted by molar-refractivity contribution is -0.124. The summed E-state index contributed by atoms with van der Waals surface area (Å²) >= 11 is 0. The Morgan fingerprint density at radius 1 is 1.53 bits per heavy atom. The average Bonchev–Trinajstić information content (AvgIpc) is 2.27. The van der Waals surface area contributed by atoms with Crippen LogP contribution in [0.4, 0.5) is 10.1 Å². The fraction of sp³-hybridized carbons (Fsp3) is 0.273. The third-order valence-corrected chi connectivity index (χ3v) is 2.19. The van der Waals surface area contributed by atoms with E-state index in [-0.39, 0.29) is 17.7 Å². The van der Waals surface area contributed by atoms with E-state index in [9.17, 15) is 19.1 Å². The van der Waals surface area contributed by atoms with Gasteiger partial charge in [0.1, 0.15) is 11.9 Å². The predicted molar refractivity (Wildman–Crippen MR) is 59.8 cm³/mol. The zero-order chi connectivity index (χ0) is 13.0. The predicted octanol–water partition coefficient (Wildman–Crippen LogP) is 0.634. The number of rotatable bonds is 4. The summed E-state index contributed by atoms with van der Waals surface area (Å²) in [6.45, 7) is 1.64. The number of carbonyl (C=O) groups is 2. The fourth-order valence-corrected chi connectivity index (χ4v) is 1.20. The number of primary amides is 1. The molecule has 0 bridgehead atoms. The van der Waals surface area contributed by atoms with Crippen LogP contribution in [0.3, 0.4) is 0 Å². The number of hydrogen-bond donors (Lipinski definition) is 3. The number of hydrogen-bond acceptors (Lipinski definition) is 3. The third-order valence-electron chi connectivity index (χ3n) is 2.19. The van der Waals surface area contributed by atoms with Crippen LogP contribution >= 0.6 is 0 Å². The summed E-state index contributed by atoms with van der Waals surface area (Å²) in [5.41, 5.74) is 4.84. The van der Waals surface area contributed by atoms with Crippen LogP contribution in [0.15, 0.2) is 18.2 Å². The number of aliphatic hydroxyl groups is 1. The summed E-state index contributed by atoms with van der Waals surface area (Å²) in [5.74, 6) is -2.33. The van der Waals surface area contributed by atoms with Gasteiger partial charge in [-0.3, -0.25) is 9.59 Å². The van der Waals surface area contributed by atoms with Crippen molar-refractivity contribution in [1.82, 2.24) is 0 Å². The molecule has 5 nitrogen and oxygen atoms in total. The molecule has 0 unspecified atom stereocenters. The van der Waals surface area contributed by atoms with Gasteiger partial charge in [0.2, 0.25) is 0 Å². The monoisotopic (exact) mass is 240 g/mol. The molecular formula is C11H13FN2O3. The Balaban J connectivity index is 2.84. The lowest BCUT2D eigenvalue weighted by Crippen LogP contribution is -2.26. The topological polar surface area (TPSA) is 92.4 Å². The fourth-order valence-electron chi connectivity index (χ4n) is 1.20. The number of nitrogens with one attached hydrogen (secondary N) is 1. The van der Waals surface area contributed by atoms with Crippen LogP contribution in [0, 0.1) is 5.82 Å². The van der Waals surface area contributed by atoms with Crippen molar-refractivity contribution >= 4 is 17.5 Å². The second kappa shape index (κ2) is 5.40. The summed E-state index contributed by atoms with van der Waals surface area (Å²) in [7, 11) is 0. The minimum Gasteiger partial charge on any atom is -0.383 e. The van der Waals surface area contributed by atoms with E-state index in [1.165, 1.54) is 12.1 Å². The number of carbonyl (C=O) groups excluding carboxylic acids is 2. The van der Waals surface area contributed by atoms with E-state index in [1.54, 1.807) is 6.92 Å². The second-order valence-electron chi connectivity index (χ2n) is 3.47. The van der Waals surface area contributed by atoms with Crippen LogP contribution in [0.5, 0.6) is 0 Å². The van der Waals surface area contributed by atoms with Gasteiger partial charge in [0.05, 0.1) is 5.56 Å². The first kappa shape index (κ1) is 13.1. The van der Waals surface area contributed by atoms with Crippen LogP contribution in [0.25, 0.3) is 0 Å². The van der Waals surface area contributed by atoms with Crippen molar-refractivity contribution in [2.24, 2.45) is 5.73 Å². The van der Waals surface area contributed by atoms with Crippen LogP contribution in [0.1, 0.15) is 23.7 Å². The lowest BCUT2D eigenvalue weighted by atomic mass is 10.1. The largest absolute Gasteiger partial charge is 0.383 e. The molecule has 0 heterocycles. The summed E-state index contributed by atoms with van der Waals surface area (Å²) < 4.78 is 13.3. The number of anilines is 1. The Labute approximate surface area is 97.4 Å². The zero-order valence-corrected chi connectivity index (χ0v) is 9.24. The van der Waals surface area contributed by atoms with Crippen LogP contribution in [-0.4, -0.2) is 23.0 Å². The average molecular weight is 240 g/mol. The molecule has 17 heavy (non-hydrogen) atoms. The molecule has 0 aliphatic carbocycles. The van der Waals surface area contributed by atoms with Crippen LogP contribution in [0.2, 0.25) is 0 Å². The smallest absolute Gasteiger partial charge is 0.253 e. The Morgan fingerprint density at radius 2 is 2.18 bits per heavy atom. The highest BCUT2D eigenvalue weighted by Crippen LogP contribution is 2.14. The van der Waals surface area contributed by atoms with Gasteiger partial charge in [-0.15, -0.1) is 0 Å². The molecule has 6 heteroatoms. The van der Waals surface area contributed by atoms with Gasteiger partial charge < -0.3 is 16.2 Å². The Kier molecular flexibility index (Phi) is 4.17. The maximum atomic E-state index is 13.3. The minimum absolute atomic E-state index is 0.157. The van der Waals surface area contributed by atoms with Gasteiger partial charge in [-0.25, -0.2) is 4.39 Å². The molecule has 0 radical (unpaired) electrons. The van der Waals surface area contributed by atoms with Crippen LogP contribution < -0.4 is 11.1 Å². The van der Waals surface area contributed by atoms with Gasteiger partial charge in [-0.1, -0.05) is 6.92 Å². The molecule has 0 fully saturated rings. The highest BCUT2D eigenvalue weighted by atomic mass is 19.1. The maximum absolute atomic E-state index is 13.3. The molecule has 2 amide bonds. The first-order chi connectivity index (χ1) is 7.95. The molecular weight excluding hydrogens is 227 g/mol. The highest BCUT2D eigenvalue weighted by molar-refractivity contribution is 5.96. The van der Waals surface area contributed by atoms with Gasteiger partial charge in [-0.05, 0) is 24.6 Å². The van der Waals surface area contributed by atoms with E-state index in [4.69, 9.17) is 5.73 Å². The standard InChI is InChI=1S/C11H13FN2O3/c1-2-9(15)11(17)14-6-3-4-7(10(13)16)8(12)5-6/h3-5,9,15H,2H2,1H3,(H2,13,16)(H,14,17)/t9-/m1/s1. The molecule has 0 saturated carbocycles. The van der Waals surface area contributed by atoms with Gasteiger partial charge >= 0.3 is 0 Å². The Hall–Kier alpha value is -1.95. The minimum atomic E-state index is -1.14. The van der Waals surface area contributed by atoms with Crippen LogP contribution in [-0.2, 0) is 4.79 Å². The number of halogens is 1. The molecule has 1 aromatic rings. The van der Waals surface area contributed by atoms with Crippen molar-refractivity contribution in [2.75, 3.05) is 5.32 Å². The van der Waals surface area contributed by atoms with Gasteiger partial charge in [-0.2, -0.15) is 0 Å². The highest BCUT2D eigenvalue weighted by Gasteiger charge is 2.14. The Bertz CT molecular complexity index is 448. The molecule has 0 aromatic heterocycles. The maximum Gasteiger partial charge on any atom is 0.253 e. The van der Waals surface area contributed by atoms with Crippen molar-refractivity contribution in [3.8, 4) is 0 Å². The molecule has 1 atom stereocenters. The van der Waals surface area contributed by atoms with E-state index in [2.05, 4.69) is 5.32 Å². The zero-order valence-electron chi connectivity index (χ0n) is 9.24. The summed E-state index contributed by atoms with van der Waals surface area (Å²) in [5, 5.41) is 11.5. The molecule has 4 N–H and O–H groups in total. The molecule has 0 spiro atoms. The van der Waals surface area contributed by atoms with E-state index in [1.807, 2.05) is 0 Å².